The minimum atomic E-state index is -0.316. The summed E-state index contributed by atoms with van der Waals surface area (Å²) in [6.07, 6.45) is 4.28. The van der Waals surface area contributed by atoms with Crippen LogP contribution in [0.5, 0.6) is 11.9 Å². The molecule has 0 atom stereocenters. The maximum Gasteiger partial charge on any atom is 0.319 e. The summed E-state index contributed by atoms with van der Waals surface area (Å²) in [5, 5.41) is 0. The number of ether oxygens (including phenoxy) is 2. The third-order valence-corrected chi connectivity index (χ3v) is 2.96. The van der Waals surface area contributed by atoms with Crippen LogP contribution in [0.1, 0.15) is 40.0 Å². The number of nitrogens with zero attached hydrogens (tertiary/aromatic N) is 2. The molecule has 0 aromatic carbocycles. The van der Waals surface area contributed by atoms with E-state index in [1.54, 1.807) is 12.3 Å². The van der Waals surface area contributed by atoms with Crippen LogP contribution in [-0.2, 0) is 0 Å². The van der Waals surface area contributed by atoms with Crippen molar-refractivity contribution < 1.29 is 9.47 Å². The van der Waals surface area contributed by atoms with E-state index in [0.29, 0.717) is 25.1 Å². The molecule has 0 aliphatic carbocycles. The molecule has 1 rings (SSSR count). The van der Waals surface area contributed by atoms with Gasteiger partial charge in [-0.1, -0.05) is 20.8 Å². The molecule has 5 nitrogen and oxygen atoms in total. The van der Waals surface area contributed by atoms with E-state index in [1.165, 1.54) is 0 Å². The van der Waals surface area contributed by atoms with Crippen molar-refractivity contribution in [3.63, 3.8) is 0 Å². The highest BCUT2D eigenvalue weighted by Gasteiger charge is 2.21. The van der Waals surface area contributed by atoms with E-state index in [0.717, 1.165) is 19.3 Å². The topological polar surface area (TPSA) is 70.3 Å². The monoisotopic (exact) mass is 253 g/mol. The molecule has 0 aliphatic heterocycles. The van der Waals surface area contributed by atoms with Crippen LogP contribution in [-0.4, -0.2) is 28.7 Å². The van der Waals surface area contributed by atoms with Gasteiger partial charge in [0.15, 0.2) is 0 Å². The fourth-order valence-electron chi connectivity index (χ4n) is 1.34. The van der Waals surface area contributed by atoms with E-state index in [-0.39, 0.29) is 5.54 Å². The molecule has 0 bridgehead atoms. The molecular weight excluding hydrogens is 230 g/mol. The lowest BCUT2D eigenvalue weighted by Crippen LogP contribution is -2.44. The minimum absolute atomic E-state index is 0.316. The van der Waals surface area contributed by atoms with Crippen molar-refractivity contribution in [1.29, 1.82) is 0 Å². The summed E-state index contributed by atoms with van der Waals surface area (Å²) in [5.74, 6) is 0.539. The van der Waals surface area contributed by atoms with E-state index in [2.05, 4.69) is 23.8 Å². The van der Waals surface area contributed by atoms with Gasteiger partial charge in [-0.15, -0.1) is 0 Å². The van der Waals surface area contributed by atoms with E-state index < -0.39 is 0 Å². The molecule has 2 N–H and O–H groups in total. The molecule has 0 saturated carbocycles. The smallest absolute Gasteiger partial charge is 0.319 e. The van der Waals surface area contributed by atoms with Crippen LogP contribution in [0.25, 0.3) is 0 Å². The molecule has 0 fully saturated rings. The van der Waals surface area contributed by atoms with E-state index in [9.17, 15) is 0 Å². The van der Waals surface area contributed by atoms with E-state index in [4.69, 9.17) is 15.2 Å². The lowest BCUT2D eigenvalue weighted by Gasteiger charge is -2.25. The van der Waals surface area contributed by atoms with Crippen LogP contribution in [0, 0.1) is 0 Å². The lowest BCUT2D eigenvalue weighted by molar-refractivity contribution is 0.190. The van der Waals surface area contributed by atoms with Crippen molar-refractivity contribution in [2.75, 3.05) is 13.2 Å². The van der Waals surface area contributed by atoms with Gasteiger partial charge in [0.2, 0.25) is 5.88 Å². The average Bonchev–Trinajstić information content (AvgIpc) is 2.43. The summed E-state index contributed by atoms with van der Waals surface area (Å²) >= 11 is 0. The van der Waals surface area contributed by atoms with Crippen molar-refractivity contribution in [2.24, 2.45) is 5.73 Å². The van der Waals surface area contributed by atoms with Crippen molar-refractivity contribution >= 4 is 0 Å². The predicted octanol–water partition coefficient (Wildman–Crippen LogP) is 2.16. The quantitative estimate of drug-likeness (QED) is 0.768. The molecule has 5 heteroatoms. The Balaban J connectivity index is 2.56. The summed E-state index contributed by atoms with van der Waals surface area (Å²) < 4.78 is 11.0. The van der Waals surface area contributed by atoms with Gasteiger partial charge in [-0.25, -0.2) is 4.98 Å². The standard InChI is InChI=1S/C13H23N3O2/c1-4-9-17-11-7-8-15-12(16-11)18-10-13(14,5-2)6-3/h7-8H,4-6,9-10,14H2,1-3H3. The molecule has 0 amide bonds. The number of hydrogen-bond acceptors (Lipinski definition) is 5. The first-order valence-electron chi connectivity index (χ1n) is 6.51. The van der Waals surface area contributed by atoms with Crippen molar-refractivity contribution in [3.8, 4) is 11.9 Å². The molecule has 0 saturated heterocycles. The predicted molar refractivity (Wildman–Crippen MR) is 70.8 cm³/mol. The zero-order chi connectivity index (χ0) is 13.4. The van der Waals surface area contributed by atoms with Gasteiger partial charge in [0.05, 0.1) is 6.61 Å². The Bertz CT molecular complexity index is 354. The molecule has 1 aromatic rings. The Hall–Kier alpha value is -1.36. The molecule has 0 unspecified atom stereocenters. The summed E-state index contributed by atoms with van der Waals surface area (Å²) in [4.78, 5) is 8.22. The highest BCUT2D eigenvalue weighted by Crippen LogP contribution is 2.15. The molecule has 0 radical (unpaired) electrons. The van der Waals surface area contributed by atoms with Gasteiger partial charge in [0, 0.05) is 17.8 Å². The van der Waals surface area contributed by atoms with Gasteiger partial charge >= 0.3 is 6.01 Å². The summed E-state index contributed by atoms with van der Waals surface area (Å²) in [5.41, 5.74) is 5.84. The van der Waals surface area contributed by atoms with Gasteiger partial charge in [0.1, 0.15) is 6.61 Å². The van der Waals surface area contributed by atoms with Crippen molar-refractivity contribution in [1.82, 2.24) is 9.97 Å². The maximum absolute atomic E-state index is 6.15. The second kappa shape index (κ2) is 7.16. The van der Waals surface area contributed by atoms with Crippen molar-refractivity contribution in [2.45, 2.75) is 45.6 Å². The number of hydrogen-bond donors (Lipinski definition) is 1. The third-order valence-electron chi connectivity index (χ3n) is 2.96. The third kappa shape index (κ3) is 4.49. The highest BCUT2D eigenvalue weighted by atomic mass is 16.5. The molecule has 1 heterocycles. The largest absolute Gasteiger partial charge is 0.478 e. The van der Waals surface area contributed by atoms with Crippen LogP contribution >= 0.6 is 0 Å². The molecule has 0 spiro atoms. The van der Waals surface area contributed by atoms with Crippen LogP contribution in [0.4, 0.5) is 0 Å². The van der Waals surface area contributed by atoms with Crippen LogP contribution < -0.4 is 15.2 Å². The molecule has 102 valence electrons. The van der Waals surface area contributed by atoms with Crippen LogP contribution in [0.15, 0.2) is 12.3 Å². The maximum atomic E-state index is 6.15. The lowest BCUT2D eigenvalue weighted by atomic mass is 9.96. The number of nitrogens with two attached hydrogens (primary N) is 1. The zero-order valence-electron chi connectivity index (χ0n) is 11.5. The average molecular weight is 253 g/mol. The number of rotatable bonds is 8. The summed E-state index contributed by atoms with van der Waals surface area (Å²) in [6.45, 7) is 7.20. The second-order valence-electron chi connectivity index (χ2n) is 4.38. The Kier molecular flexibility index (Phi) is 5.85. The Morgan fingerprint density at radius 1 is 1.22 bits per heavy atom. The fourth-order valence-corrected chi connectivity index (χ4v) is 1.34. The molecule has 18 heavy (non-hydrogen) atoms. The Morgan fingerprint density at radius 2 is 1.94 bits per heavy atom. The highest BCUT2D eigenvalue weighted by molar-refractivity contribution is 5.11. The van der Waals surface area contributed by atoms with E-state index >= 15 is 0 Å². The number of aromatic nitrogens is 2. The van der Waals surface area contributed by atoms with Gasteiger partial charge in [-0.05, 0) is 19.3 Å². The van der Waals surface area contributed by atoms with Gasteiger partial charge in [-0.3, -0.25) is 0 Å². The summed E-state index contributed by atoms with van der Waals surface area (Å²) in [7, 11) is 0. The Morgan fingerprint density at radius 3 is 2.56 bits per heavy atom. The van der Waals surface area contributed by atoms with Crippen molar-refractivity contribution in [3.05, 3.63) is 12.3 Å². The molecule has 1 aromatic heterocycles. The van der Waals surface area contributed by atoms with Crippen LogP contribution in [0.3, 0.4) is 0 Å². The first kappa shape index (κ1) is 14.7. The zero-order valence-corrected chi connectivity index (χ0v) is 11.5. The SMILES string of the molecule is CCCOc1ccnc(OCC(N)(CC)CC)n1. The van der Waals surface area contributed by atoms with Gasteiger partial charge < -0.3 is 15.2 Å². The van der Waals surface area contributed by atoms with Gasteiger partial charge in [0.25, 0.3) is 0 Å². The molecule has 0 aliphatic rings. The van der Waals surface area contributed by atoms with Crippen LogP contribution in [0.2, 0.25) is 0 Å². The van der Waals surface area contributed by atoms with Gasteiger partial charge in [-0.2, -0.15) is 4.98 Å². The fraction of sp³-hybridized carbons (Fsp3) is 0.692. The molecular formula is C13H23N3O2. The minimum Gasteiger partial charge on any atom is -0.478 e. The normalized spacial score (nSPS) is 11.3. The Labute approximate surface area is 109 Å². The van der Waals surface area contributed by atoms with E-state index in [1.807, 2.05) is 6.92 Å². The second-order valence-corrected chi connectivity index (χ2v) is 4.38. The first-order chi connectivity index (χ1) is 8.63. The summed E-state index contributed by atoms with van der Waals surface area (Å²) in [6, 6.07) is 2.04. The first-order valence-corrected chi connectivity index (χ1v) is 6.51.